The second-order valence-electron chi connectivity index (χ2n) is 7.34. The van der Waals surface area contributed by atoms with Crippen LogP contribution in [0.3, 0.4) is 0 Å². The number of hydrogen-bond acceptors (Lipinski definition) is 3. The van der Waals surface area contributed by atoms with Gasteiger partial charge in [-0.3, -0.25) is 9.59 Å². The van der Waals surface area contributed by atoms with Crippen LogP contribution in [0.15, 0.2) is 24.3 Å². The molecule has 0 saturated carbocycles. The van der Waals surface area contributed by atoms with Crippen LogP contribution in [0.5, 0.6) is 0 Å². The van der Waals surface area contributed by atoms with Crippen molar-refractivity contribution in [3.8, 4) is 0 Å². The predicted octanol–water partition coefficient (Wildman–Crippen LogP) is 3.03. The Labute approximate surface area is 159 Å². The minimum Gasteiger partial charge on any atom is -0.481 e. The molecular formula is C20H27N3O4. The maximum absolute atomic E-state index is 12.6. The van der Waals surface area contributed by atoms with Gasteiger partial charge < -0.3 is 20.2 Å². The Balaban J connectivity index is 1.57. The van der Waals surface area contributed by atoms with E-state index in [4.69, 9.17) is 5.11 Å². The molecule has 1 aromatic carbocycles. The molecule has 2 fully saturated rings. The highest BCUT2D eigenvalue weighted by atomic mass is 16.4. The molecule has 0 spiro atoms. The molecule has 0 aliphatic carbocycles. The van der Waals surface area contributed by atoms with Crippen molar-refractivity contribution in [3.05, 3.63) is 29.8 Å². The summed E-state index contributed by atoms with van der Waals surface area (Å²) in [5.74, 6) is -1.32. The summed E-state index contributed by atoms with van der Waals surface area (Å²) in [7, 11) is 0. The maximum atomic E-state index is 12.6. The van der Waals surface area contributed by atoms with Crippen LogP contribution >= 0.6 is 0 Å². The summed E-state index contributed by atoms with van der Waals surface area (Å²) in [5, 5.41) is 11.9. The van der Waals surface area contributed by atoms with Gasteiger partial charge in [0.05, 0.1) is 5.92 Å². The lowest BCUT2D eigenvalue weighted by Gasteiger charge is -2.30. The zero-order valence-electron chi connectivity index (χ0n) is 15.5. The molecule has 0 aromatic heterocycles. The summed E-state index contributed by atoms with van der Waals surface area (Å²) in [4.78, 5) is 39.6. The highest BCUT2D eigenvalue weighted by Crippen LogP contribution is 2.19. The third-order valence-electron chi connectivity index (χ3n) is 5.33. The van der Waals surface area contributed by atoms with E-state index >= 15 is 0 Å². The Morgan fingerprint density at radius 1 is 0.889 bits per heavy atom. The molecule has 1 aromatic rings. The van der Waals surface area contributed by atoms with Gasteiger partial charge in [-0.15, -0.1) is 0 Å². The number of carbonyl (C=O) groups is 3. The minimum absolute atomic E-state index is 0.0371. The number of rotatable bonds is 3. The summed E-state index contributed by atoms with van der Waals surface area (Å²) in [6.07, 6.45) is 5.74. The zero-order chi connectivity index (χ0) is 19.2. The highest BCUT2D eigenvalue weighted by molar-refractivity contribution is 5.95. The number of piperidine rings is 1. The average Bonchev–Trinajstić information content (AvgIpc) is 2.97. The van der Waals surface area contributed by atoms with E-state index in [2.05, 4.69) is 5.32 Å². The third-order valence-corrected chi connectivity index (χ3v) is 5.33. The molecule has 27 heavy (non-hydrogen) atoms. The Morgan fingerprint density at radius 2 is 1.52 bits per heavy atom. The van der Waals surface area contributed by atoms with Crippen molar-refractivity contribution >= 4 is 23.6 Å². The molecule has 3 rings (SSSR count). The second kappa shape index (κ2) is 8.88. The van der Waals surface area contributed by atoms with Crippen LogP contribution in [0.1, 0.15) is 48.9 Å². The van der Waals surface area contributed by atoms with Crippen LogP contribution in [-0.4, -0.2) is 59.0 Å². The van der Waals surface area contributed by atoms with Crippen molar-refractivity contribution < 1.29 is 19.5 Å². The molecule has 7 nitrogen and oxygen atoms in total. The first kappa shape index (κ1) is 19.2. The lowest BCUT2D eigenvalue weighted by molar-refractivity contribution is -0.143. The average molecular weight is 373 g/mol. The Hall–Kier alpha value is -2.57. The van der Waals surface area contributed by atoms with Gasteiger partial charge in [0.2, 0.25) is 0 Å². The molecule has 0 radical (unpaired) electrons. The number of benzene rings is 1. The molecule has 146 valence electrons. The topological polar surface area (TPSA) is 90.0 Å². The van der Waals surface area contributed by atoms with E-state index in [9.17, 15) is 14.4 Å². The van der Waals surface area contributed by atoms with E-state index in [-0.39, 0.29) is 18.5 Å². The number of aliphatic carboxylic acids is 1. The molecule has 2 aliphatic heterocycles. The normalized spacial score (nSPS) is 20.7. The van der Waals surface area contributed by atoms with Crippen molar-refractivity contribution in [2.45, 2.75) is 38.5 Å². The van der Waals surface area contributed by atoms with Crippen molar-refractivity contribution in [2.24, 2.45) is 5.92 Å². The number of amides is 3. The Kier molecular flexibility index (Phi) is 6.32. The largest absolute Gasteiger partial charge is 0.481 e. The first-order valence-corrected chi connectivity index (χ1v) is 9.72. The first-order chi connectivity index (χ1) is 13.0. The molecule has 1 atom stereocenters. The molecule has 2 N–H and O–H groups in total. The van der Waals surface area contributed by atoms with Crippen LogP contribution in [0.2, 0.25) is 0 Å². The van der Waals surface area contributed by atoms with E-state index in [1.165, 1.54) is 12.8 Å². The number of nitrogens with one attached hydrogen (secondary N) is 1. The summed E-state index contributed by atoms with van der Waals surface area (Å²) >= 11 is 0. The van der Waals surface area contributed by atoms with Crippen LogP contribution in [0.4, 0.5) is 10.5 Å². The molecule has 1 unspecified atom stereocenters. The van der Waals surface area contributed by atoms with Crippen molar-refractivity contribution in [2.75, 3.05) is 31.5 Å². The van der Waals surface area contributed by atoms with E-state index in [1.54, 1.807) is 29.2 Å². The van der Waals surface area contributed by atoms with Crippen molar-refractivity contribution in [3.63, 3.8) is 0 Å². The number of anilines is 1. The fourth-order valence-electron chi connectivity index (χ4n) is 3.72. The van der Waals surface area contributed by atoms with Crippen molar-refractivity contribution in [1.29, 1.82) is 0 Å². The number of hydrogen-bond donors (Lipinski definition) is 2. The molecule has 7 heteroatoms. The summed E-state index contributed by atoms with van der Waals surface area (Å²) in [6, 6.07) is 6.62. The van der Waals surface area contributed by atoms with Gasteiger partial charge in [0, 0.05) is 37.4 Å². The van der Waals surface area contributed by atoms with Crippen molar-refractivity contribution in [1.82, 2.24) is 9.80 Å². The van der Waals surface area contributed by atoms with Crippen LogP contribution < -0.4 is 5.32 Å². The maximum Gasteiger partial charge on any atom is 0.321 e. The first-order valence-electron chi connectivity index (χ1n) is 9.72. The summed E-state index contributed by atoms with van der Waals surface area (Å²) in [5.41, 5.74) is 1.23. The lowest BCUT2D eigenvalue weighted by Crippen LogP contribution is -2.44. The van der Waals surface area contributed by atoms with E-state index in [0.29, 0.717) is 30.6 Å². The number of nitrogens with zero attached hydrogens (tertiary/aromatic N) is 2. The predicted molar refractivity (Wildman–Crippen MR) is 102 cm³/mol. The smallest absolute Gasteiger partial charge is 0.321 e. The highest BCUT2D eigenvalue weighted by Gasteiger charge is 2.28. The van der Waals surface area contributed by atoms with Gasteiger partial charge in [-0.1, -0.05) is 12.8 Å². The molecule has 2 saturated heterocycles. The molecule has 3 amide bonds. The molecule has 2 heterocycles. The standard InChI is InChI=1S/C20H27N3O4/c24-18(22-11-3-1-2-4-12-22)15-7-9-17(10-8-15)21-20(27)23-13-5-6-16(14-23)19(25)26/h7-10,16H,1-6,11-14H2,(H,21,27)(H,25,26). The SMILES string of the molecule is O=C(O)C1CCCN(C(=O)Nc2ccc(C(=O)N3CCCCCC3)cc2)C1. The number of urea groups is 1. The summed E-state index contributed by atoms with van der Waals surface area (Å²) < 4.78 is 0. The minimum atomic E-state index is -0.858. The number of carbonyl (C=O) groups excluding carboxylic acids is 2. The van der Waals surface area contributed by atoms with Gasteiger partial charge in [0.25, 0.3) is 5.91 Å². The monoisotopic (exact) mass is 373 g/mol. The lowest BCUT2D eigenvalue weighted by atomic mass is 9.99. The third kappa shape index (κ3) is 4.99. The fourth-order valence-corrected chi connectivity index (χ4v) is 3.72. The van der Waals surface area contributed by atoms with Gasteiger partial charge in [-0.2, -0.15) is 0 Å². The van der Waals surface area contributed by atoms with E-state index in [0.717, 1.165) is 25.9 Å². The molecule has 2 aliphatic rings. The van der Waals surface area contributed by atoms with Gasteiger partial charge in [-0.25, -0.2) is 4.79 Å². The van der Waals surface area contributed by atoms with Crippen LogP contribution in [0.25, 0.3) is 0 Å². The zero-order valence-corrected chi connectivity index (χ0v) is 15.5. The second-order valence-corrected chi connectivity index (χ2v) is 7.34. The Bertz CT molecular complexity index is 681. The number of likely N-dealkylation sites (tertiary alicyclic amines) is 2. The molecule has 0 bridgehead atoms. The van der Waals surface area contributed by atoms with E-state index in [1.807, 2.05) is 4.90 Å². The van der Waals surface area contributed by atoms with Gasteiger partial charge in [0.1, 0.15) is 0 Å². The van der Waals surface area contributed by atoms with Gasteiger partial charge >= 0.3 is 12.0 Å². The number of carboxylic acids is 1. The Morgan fingerprint density at radius 3 is 2.15 bits per heavy atom. The van der Waals surface area contributed by atoms with Crippen LogP contribution in [0, 0.1) is 5.92 Å². The van der Waals surface area contributed by atoms with Gasteiger partial charge in [0.15, 0.2) is 0 Å². The fraction of sp³-hybridized carbons (Fsp3) is 0.550. The van der Waals surface area contributed by atoms with E-state index < -0.39 is 11.9 Å². The molecular weight excluding hydrogens is 346 g/mol. The summed E-state index contributed by atoms with van der Waals surface area (Å²) in [6.45, 7) is 2.39. The quantitative estimate of drug-likeness (QED) is 0.852. The van der Waals surface area contributed by atoms with Crippen LogP contribution in [-0.2, 0) is 4.79 Å². The van der Waals surface area contributed by atoms with Gasteiger partial charge in [-0.05, 0) is 49.9 Å². The number of carboxylic acid groups (broad SMARTS) is 1.